The fourth-order valence-electron chi connectivity index (χ4n) is 2.42. The summed E-state index contributed by atoms with van der Waals surface area (Å²) in [6.45, 7) is 7.76. The van der Waals surface area contributed by atoms with Crippen LogP contribution in [0.5, 0.6) is 0 Å². The van der Waals surface area contributed by atoms with Gasteiger partial charge in [0.25, 0.3) is 0 Å². The average Bonchev–Trinajstić information content (AvgIpc) is 2.84. The Morgan fingerprint density at radius 3 is 2.63 bits per heavy atom. The van der Waals surface area contributed by atoms with Crippen LogP contribution in [0.25, 0.3) is 11.0 Å². The first kappa shape index (κ1) is 14.0. The van der Waals surface area contributed by atoms with Crippen LogP contribution in [0.3, 0.4) is 0 Å². The van der Waals surface area contributed by atoms with Crippen molar-refractivity contribution < 1.29 is 4.74 Å². The van der Waals surface area contributed by atoms with Crippen molar-refractivity contribution in [1.82, 2.24) is 9.55 Å². The molecule has 19 heavy (non-hydrogen) atoms. The highest BCUT2D eigenvalue weighted by Crippen LogP contribution is 2.30. The molecule has 0 saturated heterocycles. The van der Waals surface area contributed by atoms with Gasteiger partial charge in [-0.3, -0.25) is 0 Å². The van der Waals surface area contributed by atoms with Crippen LogP contribution in [0, 0.1) is 0 Å². The van der Waals surface area contributed by atoms with Crippen molar-refractivity contribution in [3.63, 3.8) is 0 Å². The van der Waals surface area contributed by atoms with Crippen molar-refractivity contribution in [2.75, 3.05) is 7.11 Å². The smallest absolute Gasteiger partial charge is 0.141 e. The SMILES string of the molecule is CCn1c(C(C)(CC)OC)nc2cc(CN)ccc21. The molecule has 1 atom stereocenters. The highest BCUT2D eigenvalue weighted by molar-refractivity contribution is 5.77. The third kappa shape index (κ3) is 2.26. The van der Waals surface area contributed by atoms with Gasteiger partial charge in [-0.1, -0.05) is 13.0 Å². The minimum Gasteiger partial charge on any atom is -0.371 e. The Bertz CT molecular complexity index is 570. The molecule has 2 aromatic rings. The number of methoxy groups -OCH3 is 1. The molecule has 2 rings (SSSR count). The standard InChI is InChI=1S/C15H23N3O/c1-5-15(3,19-4)14-17-12-9-11(10-16)7-8-13(12)18(14)6-2/h7-9H,5-6,10,16H2,1-4H3. The molecule has 0 radical (unpaired) electrons. The minimum absolute atomic E-state index is 0.349. The molecule has 1 heterocycles. The summed E-state index contributed by atoms with van der Waals surface area (Å²) < 4.78 is 7.92. The lowest BCUT2D eigenvalue weighted by Gasteiger charge is -2.26. The molecule has 0 spiro atoms. The number of ether oxygens (including phenoxy) is 1. The minimum atomic E-state index is -0.349. The Morgan fingerprint density at radius 2 is 2.11 bits per heavy atom. The largest absolute Gasteiger partial charge is 0.371 e. The van der Waals surface area contributed by atoms with Gasteiger partial charge in [0.1, 0.15) is 11.4 Å². The fraction of sp³-hybridized carbons (Fsp3) is 0.533. The zero-order valence-electron chi connectivity index (χ0n) is 12.2. The monoisotopic (exact) mass is 261 g/mol. The number of fused-ring (bicyclic) bond motifs is 1. The predicted octanol–water partition coefficient (Wildman–Crippen LogP) is 2.79. The summed E-state index contributed by atoms with van der Waals surface area (Å²) in [4.78, 5) is 4.79. The highest BCUT2D eigenvalue weighted by Gasteiger charge is 2.30. The zero-order valence-corrected chi connectivity index (χ0v) is 12.2. The van der Waals surface area contributed by atoms with Crippen LogP contribution in [-0.4, -0.2) is 16.7 Å². The van der Waals surface area contributed by atoms with Crippen LogP contribution in [-0.2, 0) is 23.4 Å². The summed E-state index contributed by atoms with van der Waals surface area (Å²) >= 11 is 0. The molecule has 0 aliphatic heterocycles. The molecule has 4 nitrogen and oxygen atoms in total. The Labute approximate surface area is 114 Å². The van der Waals surface area contributed by atoms with Gasteiger partial charge in [-0.2, -0.15) is 0 Å². The third-order valence-electron chi connectivity index (χ3n) is 3.96. The van der Waals surface area contributed by atoms with E-state index in [1.165, 1.54) is 0 Å². The van der Waals surface area contributed by atoms with Crippen molar-refractivity contribution in [3.05, 3.63) is 29.6 Å². The second-order valence-corrected chi connectivity index (χ2v) is 5.00. The quantitative estimate of drug-likeness (QED) is 0.900. The van der Waals surface area contributed by atoms with Crippen molar-refractivity contribution in [2.45, 2.75) is 45.9 Å². The van der Waals surface area contributed by atoms with E-state index in [0.29, 0.717) is 6.54 Å². The van der Waals surface area contributed by atoms with E-state index < -0.39 is 0 Å². The molecule has 1 aromatic heterocycles. The van der Waals surface area contributed by atoms with Gasteiger partial charge in [-0.05, 0) is 38.0 Å². The van der Waals surface area contributed by atoms with Gasteiger partial charge in [0.05, 0.1) is 11.0 Å². The van der Waals surface area contributed by atoms with E-state index in [9.17, 15) is 0 Å². The molecular formula is C15H23N3O. The second kappa shape index (κ2) is 5.31. The molecule has 0 aliphatic carbocycles. The first-order chi connectivity index (χ1) is 9.09. The molecule has 1 unspecified atom stereocenters. The molecule has 2 N–H and O–H groups in total. The summed E-state index contributed by atoms with van der Waals surface area (Å²) in [5, 5.41) is 0. The Kier molecular flexibility index (Phi) is 3.92. The van der Waals surface area contributed by atoms with Crippen molar-refractivity contribution in [3.8, 4) is 0 Å². The number of benzene rings is 1. The molecule has 0 aliphatic rings. The normalized spacial score (nSPS) is 14.8. The van der Waals surface area contributed by atoms with E-state index in [1.54, 1.807) is 7.11 Å². The lowest BCUT2D eigenvalue weighted by Crippen LogP contribution is -2.27. The number of hydrogen-bond acceptors (Lipinski definition) is 3. The molecule has 1 aromatic carbocycles. The highest BCUT2D eigenvalue weighted by atomic mass is 16.5. The van der Waals surface area contributed by atoms with Crippen molar-refractivity contribution in [1.29, 1.82) is 0 Å². The molecule has 4 heteroatoms. The van der Waals surface area contributed by atoms with Crippen LogP contribution >= 0.6 is 0 Å². The maximum atomic E-state index is 5.70. The van der Waals surface area contributed by atoms with Crippen LogP contribution in [0.1, 0.15) is 38.6 Å². The summed E-state index contributed by atoms with van der Waals surface area (Å²) in [5.41, 5.74) is 8.60. The number of rotatable bonds is 5. The Balaban J connectivity index is 2.67. The number of hydrogen-bond donors (Lipinski definition) is 1. The number of nitrogens with zero attached hydrogens (tertiary/aromatic N) is 2. The van der Waals surface area contributed by atoms with Crippen molar-refractivity contribution in [2.24, 2.45) is 5.73 Å². The van der Waals surface area contributed by atoms with Crippen LogP contribution in [0.15, 0.2) is 18.2 Å². The fourth-order valence-corrected chi connectivity index (χ4v) is 2.42. The predicted molar refractivity (Wildman–Crippen MR) is 78.0 cm³/mol. The van der Waals surface area contributed by atoms with Crippen LogP contribution < -0.4 is 5.73 Å². The van der Waals surface area contributed by atoms with Crippen LogP contribution in [0.2, 0.25) is 0 Å². The number of aryl methyl sites for hydroxylation is 1. The first-order valence-corrected chi connectivity index (χ1v) is 6.84. The van der Waals surface area contributed by atoms with Gasteiger partial charge >= 0.3 is 0 Å². The Morgan fingerprint density at radius 1 is 1.37 bits per heavy atom. The van der Waals surface area contributed by atoms with E-state index in [4.69, 9.17) is 15.5 Å². The number of aromatic nitrogens is 2. The molecule has 0 bridgehead atoms. The van der Waals surface area contributed by atoms with E-state index in [2.05, 4.69) is 43.5 Å². The number of imidazole rings is 1. The lowest BCUT2D eigenvalue weighted by molar-refractivity contribution is -0.0112. The molecule has 104 valence electrons. The topological polar surface area (TPSA) is 53.1 Å². The van der Waals surface area contributed by atoms with Gasteiger partial charge in [-0.25, -0.2) is 4.98 Å². The lowest BCUT2D eigenvalue weighted by atomic mass is 10.0. The van der Waals surface area contributed by atoms with Gasteiger partial charge in [0.15, 0.2) is 0 Å². The summed E-state index contributed by atoms with van der Waals surface area (Å²) in [7, 11) is 1.74. The average molecular weight is 261 g/mol. The van der Waals surface area contributed by atoms with Gasteiger partial charge in [0.2, 0.25) is 0 Å². The second-order valence-electron chi connectivity index (χ2n) is 5.00. The van der Waals surface area contributed by atoms with Gasteiger partial charge in [0, 0.05) is 20.2 Å². The van der Waals surface area contributed by atoms with E-state index in [1.807, 2.05) is 0 Å². The van der Waals surface area contributed by atoms with E-state index in [-0.39, 0.29) is 5.60 Å². The summed E-state index contributed by atoms with van der Waals surface area (Å²) in [5.74, 6) is 0.990. The van der Waals surface area contributed by atoms with Gasteiger partial charge < -0.3 is 15.0 Å². The first-order valence-electron chi connectivity index (χ1n) is 6.84. The van der Waals surface area contributed by atoms with E-state index >= 15 is 0 Å². The molecule has 0 amide bonds. The number of nitrogens with two attached hydrogens (primary N) is 1. The van der Waals surface area contributed by atoms with Crippen LogP contribution in [0.4, 0.5) is 0 Å². The van der Waals surface area contributed by atoms with E-state index in [0.717, 1.165) is 35.4 Å². The Hall–Kier alpha value is -1.39. The summed E-state index contributed by atoms with van der Waals surface area (Å²) in [6, 6.07) is 6.23. The molecular weight excluding hydrogens is 238 g/mol. The molecule has 0 fully saturated rings. The zero-order chi connectivity index (χ0) is 14.0. The van der Waals surface area contributed by atoms with Crippen molar-refractivity contribution >= 4 is 11.0 Å². The molecule has 0 saturated carbocycles. The van der Waals surface area contributed by atoms with Gasteiger partial charge in [-0.15, -0.1) is 0 Å². The third-order valence-corrected chi connectivity index (χ3v) is 3.96. The summed E-state index contributed by atoms with van der Waals surface area (Å²) in [6.07, 6.45) is 0.885. The maximum Gasteiger partial charge on any atom is 0.141 e. The maximum absolute atomic E-state index is 5.70.